The van der Waals surface area contributed by atoms with Crippen LogP contribution in [0.15, 0.2) is 24.4 Å². The fourth-order valence-corrected chi connectivity index (χ4v) is 3.43. The summed E-state index contributed by atoms with van der Waals surface area (Å²) in [4.78, 5) is 7.92. The maximum atomic E-state index is 6.22. The Morgan fingerprint density at radius 1 is 1.17 bits per heavy atom. The second-order valence-corrected chi connectivity index (χ2v) is 6.77. The van der Waals surface area contributed by atoms with Gasteiger partial charge < -0.3 is 9.72 Å². The first-order chi connectivity index (χ1) is 11.5. The van der Waals surface area contributed by atoms with Crippen LogP contribution in [0.3, 0.4) is 0 Å². The minimum atomic E-state index is 0.283. The highest BCUT2D eigenvalue weighted by molar-refractivity contribution is 6.35. The number of aromatic nitrogens is 2. The molecule has 5 heteroatoms. The summed E-state index contributed by atoms with van der Waals surface area (Å²) in [5, 5.41) is 2.41. The molecule has 0 fully saturated rings. The predicted octanol–water partition coefficient (Wildman–Crippen LogP) is 6.02. The third kappa shape index (κ3) is 3.11. The Morgan fingerprint density at radius 3 is 2.54 bits per heavy atom. The van der Waals surface area contributed by atoms with E-state index in [0.717, 1.165) is 29.6 Å². The lowest BCUT2D eigenvalue weighted by atomic mass is 10.0. The normalized spacial score (nSPS) is 11.2. The Bertz CT molecular complexity index is 866. The molecule has 0 saturated heterocycles. The number of hydrogen-bond donors (Lipinski definition) is 1. The van der Waals surface area contributed by atoms with Gasteiger partial charge in [0.15, 0.2) is 0 Å². The molecule has 0 saturated carbocycles. The topological polar surface area (TPSA) is 37.9 Å². The number of pyridine rings is 1. The number of fused-ring (bicyclic) bond motifs is 1. The van der Waals surface area contributed by atoms with E-state index in [-0.39, 0.29) is 6.61 Å². The fourth-order valence-electron chi connectivity index (χ4n) is 2.93. The van der Waals surface area contributed by atoms with Crippen molar-refractivity contribution in [2.24, 2.45) is 0 Å². The Morgan fingerprint density at radius 2 is 1.88 bits per heavy atom. The monoisotopic (exact) mass is 362 g/mol. The molecule has 2 heterocycles. The molecule has 0 aliphatic rings. The second kappa shape index (κ2) is 7.04. The van der Waals surface area contributed by atoms with E-state index in [1.165, 1.54) is 16.5 Å². The fraction of sp³-hybridized carbons (Fsp3) is 0.316. The number of aryl methyl sites for hydroxylation is 3. The van der Waals surface area contributed by atoms with E-state index >= 15 is 0 Å². The minimum absolute atomic E-state index is 0.283. The van der Waals surface area contributed by atoms with Crippen molar-refractivity contribution >= 4 is 34.1 Å². The summed E-state index contributed by atoms with van der Waals surface area (Å²) < 4.78 is 5.96. The van der Waals surface area contributed by atoms with Crippen molar-refractivity contribution in [3.8, 4) is 5.88 Å². The highest BCUT2D eigenvalue weighted by atomic mass is 35.5. The molecule has 24 heavy (non-hydrogen) atoms. The molecule has 0 radical (unpaired) electrons. The standard InChI is InChI=1S/C19H20Cl2N2O/c1-4-6-13-9-22-19(18-17(13)11(2)12(3)23-18)24-10-14-15(20)7-5-8-16(14)21/h5,7-9,23H,4,6,10H2,1-3H3. The van der Waals surface area contributed by atoms with Gasteiger partial charge in [-0.3, -0.25) is 0 Å². The van der Waals surface area contributed by atoms with Crippen LogP contribution in [0.5, 0.6) is 5.88 Å². The largest absolute Gasteiger partial charge is 0.471 e. The van der Waals surface area contributed by atoms with Gasteiger partial charge in [-0.2, -0.15) is 0 Å². The molecule has 0 amide bonds. The average Bonchev–Trinajstić information content (AvgIpc) is 2.85. The minimum Gasteiger partial charge on any atom is -0.471 e. The second-order valence-electron chi connectivity index (χ2n) is 5.95. The number of hydrogen-bond acceptors (Lipinski definition) is 2. The number of nitrogens with zero attached hydrogens (tertiary/aromatic N) is 1. The van der Waals surface area contributed by atoms with Gasteiger partial charge in [0.05, 0.1) is 0 Å². The Labute approximate surface area is 152 Å². The number of aromatic amines is 1. The van der Waals surface area contributed by atoms with Crippen molar-refractivity contribution in [3.63, 3.8) is 0 Å². The molecule has 2 aromatic heterocycles. The Hall–Kier alpha value is -1.71. The summed E-state index contributed by atoms with van der Waals surface area (Å²) in [6.07, 6.45) is 3.99. The van der Waals surface area contributed by atoms with Crippen LogP contribution >= 0.6 is 23.2 Å². The summed E-state index contributed by atoms with van der Waals surface area (Å²) in [5.41, 5.74) is 5.34. The van der Waals surface area contributed by atoms with Gasteiger partial charge in [0, 0.05) is 32.9 Å². The van der Waals surface area contributed by atoms with Crippen LogP contribution in [0.1, 0.15) is 35.7 Å². The van der Waals surface area contributed by atoms with Gasteiger partial charge in [-0.05, 0) is 43.5 Å². The van der Waals surface area contributed by atoms with Crippen LogP contribution in [0.4, 0.5) is 0 Å². The van der Waals surface area contributed by atoms with Crippen LogP contribution < -0.4 is 4.74 Å². The number of nitrogens with one attached hydrogen (secondary N) is 1. The predicted molar refractivity (Wildman–Crippen MR) is 100 cm³/mol. The quantitative estimate of drug-likeness (QED) is 0.602. The van der Waals surface area contributed by atoms with Crippen molar-refractivity contribution in [1.29, 1.82) is 0 Å². The summed E-state index contributed by atoms with van der Waals surface area (Å²) in [6.45, 7) is 6.65. The van der Waals surface area contributed by atoms with Gasteiger partial charge in [-0.15, -0.1) is 0 Å². The first kappa shape index (κ1) is 17.1. The zero-order chi connectivity index (χ0) is 17.3. The Kier molecular flexibility index (Phi) is 5.02. The van der Waals surface area contributed by atoms with Crippen LogP contribution in [0.2, 0.25) is 10.0 Å². The summed E-state index contributed by atoms with van der Waals surface area (Å²) in [6, 6.07) is 5.44. The molecule has 0 aliphatic heterocycles. The molecule has 0 aliphatic carbocycles. The number of benzene rings is 1. The SMILES string of the molecule is CCCc1cnc(OCc2c(Cl)cccc2Cl)c2[nH]c(C)c(C)c12. The van der Waals surface area contributed by atoms with Crippen molar-refractivity contribution in [2.75, 3.05) is 0 Å². The lowest BCUT2D eigenvalue weighted by Gasteiger charge is -2.11. The van der Waals surface area contributed by atoms with E-state index in [4.69, 9.17) is 27.9 Å². The first-order valence-corrected chi connectivity index (χ1v) is 8.81. The molecule has 0 bridgehead atoms. The van der Waals surface area contributed by atoms with Gasteiger partial charge >= 0.3 is 0 Å². The summed E-state index contributed by atoms with van der Waals surface area (Å²) in [5.74, 6) is 0.581. The van der Waals surface area contributed by atoms with E-state index in [0.29, 0.717) is 15.9 Å². The third-order valence-corrected chi connectivity index (χ3v) is 5.02. The molecule has 3 aromatic rings. The number of rotatable bonds is 5. The highest BCUT2D eigenvalue weighted by Gasteiger charge is 2.15. The van der Waals surface area contributed by atoms with Crippen LogP contribution in [-0.4, -0.2) is 9.97 Å². The molecular weight excluding hydrogens is 343 g/mol. The van der Waals surface area contributed by atoms with Gasteiger partial charge in [-0.1, -0.05) is 42.6 Å². The summed E-state index contributed by atoms with van der Waals surface area (Å²) >= 11 is 12.4. The highest BCUT2D eigenvalue weighted by Crippen LogP contribution is 2.32. The maximum Gasteiger partial charge on any atom is 0.238 e. The van der Waals surface area contributed by atoms with Crippen molar-refractivity contribution in [3.05, 3.63) is 56.8 Å². The van der Waals surface area contributed by atoms with Crippen LogP contribution in [-0.2, 0) is 13.0 Å². The van der Waals surface area contributed by atoms with Gasteiger partial charge in [-0.25, -0.2) is 4.98 Å². The van der Waals surface area contributed by atoms with Crippen LogP contribution in [0, 0.1) is 13.8 Å². The molecule has 1 N–H and O–H groups in total. The van der Waals surface area contributed by atoms with E-state index in [2.05, 4.69) is 30.7 Å². The van der Waals surface area contributed by atoms with E-state index < -0.39 is 0 Å². The summed E-state index contributed by atoms with van der Waals surface area (Å²) in [7, 11) is 0. The molecule has 126 valence electrons. The van der Waals surface area contributed by atoms with Crippen LogP contribution in [0.25, 0.3) is 10.9 Å². The van der Waals surface area contributed by atoms with Gasteiger partial charge in [0.1, 0.15) is 12.1 Å². The molecule has 0 spiro atoms. The lowest BCUT2D eigenvalue weighted by molar-refractivity contribution is 0.297. The average molecular weight is 363 g/mol. The molecule has 0 atom stereocenters. The van der Waals surface area contributed by atoms with Gasteiger partial charge in [0.2, 0.25) is 5.88 Å². The van der Waals surface area contributed by atoms with Crippen molar-refractivity contribution in [2.45, 2.75) is 40.2 Å². The first-order valence-electron chi connectivity index (χ1n) is 8.05. The maximum absolute atomic E-state index is 6.22. The van der Waals surface area contributed by atoms with E-state index in [9.17, 15) is 0 Å². The Balaban J connectivity index is 1.99. The molecular formula is C19H20Cl2N2O. The molecule has 0 unspecified atom stereocenters. The van der Waals surface area contributed by atoms with Gasteiger partial charge in [0.25, 0.3) is 0 Å². The van der Waals surface area contributed by atoms with E-state index in [1.807, 2.05) is 24.4 Å². The number of H-pyrrole nitrogens is 1. The molecule has 3 nitrogen and oxygen atoms in total. The third-order valence-electron chi connectivity index (χ3n) is 4.31. The zero-order valence-electron chi connectivity index (χ0n) is 14.0. The van der Waals surface area contributed by atoms with E-state index in [1.54, 1.807) is 0 Å². The molecule has 3 rings (SSSR count). The zero-order valence-corrected chi connectivity index (χ0v) is 15.6. The lowest BCUT2D eigenvalue weighted by Crippen LogP contribution is -2.01. The number of ether oxygens (including phenoxy) is 1. The molecule has 1 aromatic carbocycles. The number of halogens is 2. The van der Waals surface area contributed by atoms with Crippen molar-refractivity contribution < 1.29 is 4.74 Å². The van der Waals surface area contributed by atoms with Crippen molar-refractivity contribution in [1.82, 2.24) is 9.97 Å². The smallest absolute Gasteiger partial charge is 0.238 e.